The molecule has 0 bridgehead atoms. The van der Waals surface area contributed by atoms with Gasteiger partial charge in [0.15, 0.2) is 0 Å². The fourth-order valence-electron chi connectivity index (χ4n) is 2.17. The second-order valence-electron chi connectivity index (χ2n) is 4.14. The molecule has 0 atom stereocenters. The Kier molecular flexibility index (Phi) is 2.72. The molecular weight excluding hydrogens is 264 g/mol. The van der Waals surface area contributed by atoms with Crippen LogP contribution in [0.2, 0.25) is 5.02 Å². The van der Waals surface area contributed by atoms with Crippen molar-refractivity contribution in [3.8, 4) is 11.1 Å². The molecule has 19 heavy (non-hydrogen) atoms. The molecule has 0 amide bonds. The monoisotopic (exact) mass is 272 g/mol. The SMILES string of the molecule is O=[N+]([O-])c1ccccc1-c1ccc2[nH]ccc2c1Cl. The Labute approximate surface area is 113 Å². The number of hydrogen-bond donors (Lipinski definition) is 1. The molecule has 0 aliphatic rings. The van der Waals surface area contributed by atoms with Gasteiger partial charge in [0.25, 0.3) is 5.69 Å². The largest absolute Gasteiger partial charge is 0.361 e. The van der Waals surface area contributed by atoms with Gasteiger partial charge in [-0.1, -0.05) is 29.8 Å². The second kappa shape index (κ2) is 4.40. The van der Waals surface area contributed by atoms with E-state index in [0.717, 1.165) is 10.9 Å². The summed E-state index contributed by atoms with van der Waals surface area (Å²) in [5.41, 5.74) is 2.16. The molecule has 3 rings (SSSR count). The van der Waals surface area contributed by atoms with Gasteiger partial charge in [-0.15, -0.1) is 0 Å². The summed E-state index contributed by atoms with van der Waals surface area (Å²) in [7, 11) is 0. The van der Waals surface area contributed by atoms with E-state index >= 15 is 0 Å². The average molecular weight is 273 g/mol. The minimum atomic E-state index is -0.396. The van der Waals surface area contributed by atoms with Gasteiger partial charge in [-0.2, -0.15) is 0 Å². The number of aromatic amines is 1. The standard InChI is InChI=1S/C14H9ClN2O2/c15-14-10(5-6-12-11(14)7-8-16-12)9-3-1-2-4-13(9)17(18)19/h1-8,16H. The lowest BCUT2D eigenvalue weighted by molar-refractivity contribution is -0.384. The zero-order valence-corrected chi connectivity index (χ0v) is 10.5. The Morgan fingerprint density at radius 1 is 1.05 bits per heavy atom. The molecule has 1 aromatic heterocycles. The summed E-state index contributed by atoms with van der Waals surface area (Å²) in [6.45, 7) is 0. The lowest BCUT2D eigenvalue weighted by Gasteiger charge is -2.06. The summed E-state index contributed by atoms with van der Waals surface area (Å²) >= 11 is 6.35. The van der Waals surface area contributed by atoms with Gasteiger partial charge in [0, 0.05) is 28.7 Å². The molecule has 0 aliphatic heterocycles. The number of nitrogens with one attached hydrogen (secondary N) is 1. The van der Waals surface area contributed by atoms with Gasteiger partial charge < -0.3 is 4.98 Å². The Morgan fingerprint density at radius 3 is 2.63 bits per heavy atom. The smallest absolute Gasteiger partial charge is 0.277 e. The molecule has 3 aromatic rings. The highest BCUT2D eigenvalue weighted by Gasteiger charge is 2.17. The maximum atomic E-state index is 11.1. The van der Waals surface area contributed by atoms with E-state index in [9.17, 15) is 10.1 Å². The van der Waals surface area contributed by atoms with E-state index < -0.39 is 4.92 Å². The van der Waals surface area contributed by atoms with Crippen LogP contribution in [0.5, 0.6) is 0 Å². The molecule has 0 saturated heterocycles. The molecule has 1 heterocycles. The molecule has 0 radical (unpaired) electrons. The first-order chi connectivity index (χ1) is 9.18. The predicted molar refractivity (Wildman–Crippen MR) is 75.4 cm³/mol. The number of nitro groups is 1. The zero-order chi connectivity index (χ0) is 13.4. The van der Waals surface area contributed by atoms with Gasteiger partial charge in [-0.05, 0) is 18.2 Å². The van der Waals surface area contributed by atoms with E-state index in [2.05, 4.69) is 4.98 Å². The number of halogens is 1. The second-order valence-corrected chi connectivity index (χ2v) is 4.52. The number of H-pyrrole nitrogens is 1. The van der Waals surface area contributed by atoms with E-state index in [0.29, 0.717) is 16.1 Å². The van der Waals surface area contributed by atoms with Crippen molar-refractivity contribution in [2.75, 3.05) is 0 Å². The molecule has 94 valence electrons. The Bertz CT molecular complexity index is 780. The molecule has 0 spiro atoms. The quantitative estimate of drug-likeness (QED) is 0.555. The normalized spacial score (nSPS) is 10.8. The number of nitrogens with zero attached hydrogens (tertiary/aromatic N) is 1. The molecule has 5 heteroatoms. The third-order valence-corrected chi connectivity index (χ3v) is 3.47. The topological polar surface area (TPSA) is 58.9 Å². The summed E-state index contributed by atoms with van der Waals surface area (Å²) < 4.78 is 0. The minimum Gasteiger partial charge on any atom is -0.361 e. The minimum absolute atomic E-state index is 0.0549. The lowest BCUT2D eigenvalue weighted by Crippen LogP contribution is -1.92. The van der Waals surface area contributed by atoms with E-state index in [4.69, 9.17) is 11.6 Å². The van der Waals surface area contributed by atoms with Crippen LogP contribution in [0.3, 0.4) is 0 Å². The lowest BCUT2D eigenvalue weighted by atomic mass is 10.0. The fourth-order valence-corrected chi connectivity index (χ4v) is 2.49. The highest BCUT2D eigenvalue weighted by molar-refractivity contribution is 6.38. The number of benzene rings is 2. The van der Waals surface area contributed by atoms with Gasteiger partial charge in [-0.25, -0.2) is 0 Å². The molecule has 0 fully saturated rings. The number of hydrogen-bond acceptors (Lipinski definition) is 2. The summed E-state index contributed by atoms with van der Waals surface area (Å²) in [4.78, 5) is 13.7. The van der Waals surface area contributed by atoms with Crippen LogP contribution in [0.25, 0.3) is 22.0 Å². The molecule has 1 N–H and O–H groups in total. The highest BCUT2D eigenvalue weighted by atomic mass is 35.5. The Balaban J connectivity index is 2.30. The van der Waals surface area contributed by atoms with Gasteiger partial charge in [0.2, 0.25) is 0 Å². The number of aromatic nitrogens is 1. The number of rotatable bonds is 2. The Morgan fingerprint density at radius 2 is 1.84 bits per heavy atom. The van der Waals surface area contributed by atoms with Crippen molar-refractivity contribution in [2.24, 2.45) is 0 Å². The van der Waals surface area contributed by atoms with Crippen LogP contribution in [0.1, 0.15) is 0 Å². The first kappa shape index (κ1) is 11.7. The van der Waals surface area contributed by atoms with Crippen LogP contribution < -0.4 is 0 Å². The van der Waals surface area contributed by atoms with Crippen molar-refractivity contribution in [2.45, 2.75) is 0 Å². The van der Waals surface area contributed by atoms with Crippen molar-refractivity contribution < 1.29 is 4.92 Å². The van der Waals surface area contributed by atoms with Gasteiger partial charge in [0.1, 0.15) is 0 Å². The number of fused-ring (bicyclic) bond motifs is 1. The van der Waals surface area contributed by atoms with Crippen LogP contribution in [0.15, 0.2) is 48.7 Å². The summed E-state index contributed by atoms with van der Waals surface area (Å²) in [6, 6.07) is 12.1. The van der Waals surface area contributed by atoms with E-state index in [1.54, 1.807) is 30.5 Å². The van der Waals surface area contributed by atoms with E-state index in [1.165, 1.54) is 6.07 Å². The molecule has 0 aliphatic carbocycles. The Hall–Kier alpha value is -2.33. The van der Waals surface area contributed by atoms with Crippen LogP contribution in [-0.4, -0.2) is 9.91 Å². The third-order valence-electron chi connectivity index (χ3n) is 3.06. The van der Waals surface area contributed by atoms with E-state index in [-0.39, 0.29) is 5.69 Å². The van der Waals surface area contributed by atoms with Crippen molar-refractivity contribution in [3.05, 3.63) is 63.8 Å². The van der Waals surface area contributed by atoms with Crippen molar-refractivity contribution in [1.82, 2.24) is 4.98 Å². The number of para-hydroxylation sites is 1. The molecular formula is C14H9ClN2O2. The summed E-state index contributed by atoms with van der Waals surface area (Å²) in [5, 5.41) is 12.5. The molecule has 2 aromatic carbocycles. The van der Waals surface area contributed by atoms with Crippen LogP contribution in [-0.2, 0) is 0 Å². The predicted octanol–water partition coefficient (Wildman–Crippen LogP) is 4.40. The first-order valence-electron chi connectivity index (χ1n) is 5.68. The summed E-state index contributed by atoms with van der Waals surface area (Å²) in [5.74, 6) is 0. The fraction of sp³-hybridized carbons (Fsp3) is 0. The number of nitro benzene ring substituents is 1. The zero-order valence-electron chi connectivity index (χ0n) is 9.76. The molecule has 0 unspecified atom stereocenters. The van der Waals surface area contributed by atoms with Crippen molar-refractivity contribution in [1.29, 1.82) is 0 Å². The summed E-state index contributed by atoms with van der Waals surface area (Å²) in [6.07, 6.45) is 1.79. The maximum absolute atomic E-state index is 11.1. The van der Waals surface area contributed by atoms with Crippen LogP contribution in [0, 0.1) is 10.1 Å². The average Bonchev–Trinajstić information content (AvgIpc) is 2.88. The van der Waals surface area contributed by atoms with Crippen molar-refractivity contribution in [3.63, 3.8) is 0 Å². The molecule has 0 saturated carbocycles. The van der Waals surface area contributed by atoms with E-state index in [1.807, 2.05) is 12.1 Å². The van der Waals surface area contributed by atoms with Crippen LogP contribution >= 0.6 is 11.6 Å². The van der Waals surface area contributed by atoms with Gasteiger partial charge in [0.05, 0.1) is 15.5 Å². The molecule has 4 nitrogen and oxygen atoms in total. The van der Waals surface area contributed by atoms with Crippen LogP contribution in [0.4, 0.5) is 5.69 Å². The van der Waals surface area contributed by atoms with Crippen molar-refractivity contribution >= 4 is 28.2 Å². The highest BCUT2D eigenvalue weighted by Crippen LogP contribution is 2.38. The maximum Gasteiger partial charge on any atom is 0.277 e. The first-order valence-corrected chi connectivity index (χ1v) is 6.05. The van der Waals surface area contributed by atoms with Gasteiger partial charge >= 0.3 is 0 Å². The van der Waals surface area contributed by atoms with Gasteiger partial charge in [-0.3, -0.25) is 10.1 Å². The third kappa shape index (κ3) is 1.86.